The fourth-order valence-corrected chi connectivity index (χ4v) is 3.34. The number of aliphatic carboxylic acids is 1. The van der Waals surface area contributed by atoms with E-state index in [-0.39, 0.29) is 17.6 Å². The van der Waals surface area contributed by atoms with Gasteiger partial charge in [0.25, 0.3) is 0 Å². The molecule has 2 aromatic rings. The predicted octanol–water partition coefficient (Wildman–Crippen LogP) is 4.76. The number of phenolic OH excluding ortho intramolecular Hbond substituents is 1. The summed E-state index contributed by atoms with van der Waals surface area (Å²) in [5.41, 5.74) is 3.80. The van der Waals surface area contributed by atoms with Crippen LogP contribution in [0.5, 0.6) is 5.75 Å². The molecule has 0 heterocycles. The van der Waals surface area contributed by atoms with E-state index in [0.29, 0.717) is 5.56 Å². The van der Waals surface area contributed by atoms with E-state index >= 15 is 0 Å². The van der Waals surface area contributed by atoms with Crippen LogP contribution in [-0.2, 0) is 21.4 Å². The number of carboxylic acids is 1. The van der Waals surface area contributed by atoms with Crippen molar-refractivity contribution in [3.05, 3.63) is 64.2 Å². The zero-order valence-corrected chi connectivity index (χ0v) is 16.3. The van der Waals surface area contributed by atoms with Crippen molar-refractivity contribution in [3.8, 4) is 5.75 Å². The van der Waals surface area contributed by atoms with Gasteiger partial charge in [-0.25, -0.2) is 0 Å². The molecule has 0 fully saturated rings. The van der Waals surface area contributed by atoms with Gasteiger partial charge < -0.3 is 10.2 Å². The summed E-state index contributed by atoms with van der Waals surface area (Å²) in [6.07, 6.45) is 0.242. The number of carbonyl (C=O) groups is 1. The Balaban J connectivity index is 2.62. The minimum atomic E-state index is -1.33. The third-order valence-electron chi connectivity index (χ3n) is 4.83. The molecule has 0 amide bonds. The summed E-state index contributed by atoms with van der Waals surface area (Å²) < 4.78 is -1.33. The first-order valence-electron chi connectivity index (χ1n) is 8.32. The summed E-state index contributed by atoms with van der Waals surface area (Å²) in [6.45, 7) is 9.87. The molecule has 0 spiro atoms. The van der Waals surface area contributed by atoms with E-state index in [1.807, 2.05) is 58.9 Å². The molecule has 1 atom stereocenters. The molecule has 0 saturated carbocycles. The average Bonchev–Trinajstić information content (AvgIpc) is 2.54. The third kappa shape index (κ3) is 3.69. The quantitative estimate of drug-likeness (QED) is 0.691. The average molecular weight is 359 g/mol. The number of phenols is 1. The van der Waals surface area contributed by atoms with E-state index < -0.39 is 10.7 Å². The van der Waals surface area contributed by atoms with E-state index in [1.54, 1.807) is 12.1 Å². The van der Waals surface area contributed by atoms with E-state index in [9.17, 15) is 15.0 Å². The molecule has 2 aromatic carbocycles. The molecular formula is C21H26O3S. The number of aromatic hydroxyl groups is 1. The SMILES string of the molecule is Cc1c(CC(S)(C(=O)O)c2ccccc2)cc(C(C)(C)C)c(O)c1C. The van der Waals surface area contributed by atoms with Gasteiger partial charge in [0, 0.05) is 6.42 Å². The summed E-state index contributed by atoms with van der Waals surface area (Å²) in [5.74, 6) is -0.696. The number of rotatable bonds is 4. The summed E-state index contributed by atoms with van der Waals surface area (Å²) in [7, 11) is 0. The van der Waals surface area contributed by atoms with Crippen molar-refractivity contribution in [3.63, 3.8) is 0 Å². The standard InChI is InChI=1S/C21H26O3S/c1-13-14(2)18(22)17(20(3,4)5)11-15(13)12-21(25,19(23)24)16-9-7-6-8-10-16/h6-11,22,25H,12H2,1-5H3,(H,23,24). The lowest BCUT2D eigenvalue weighted by molar-refractivity contribution is -0.140. The minimum Gasteiger partial charge on any atom is -0.507 e. The van der Waals surface area contributed by atoms with Gasteiger partial charge in [0.1, 0.15) is 10.5 Å². The molecule has 0 aliphatic carbocycles. The number of hydrogen-bond acceptors (Lipinski definition) is 3. The van der Waals surface area contributed by atoms with E-state index in [0.717, 1.165) is 22.3 Å². The second-order valence-corrected chi connectivity index (χ2v) is 8.40. The van der Waals surface area contributed by atoms with Gasteiger partial charge in [-0.15, -0.1) is 0 Å². The Kier molecular flexibility index (Phi) is 5.24. The Morgan fingerprint density at radius 1 is 1.08 bits per heavy atom. The van der Waals surface area contributed by atoms with Crippen molar-refractivity contribution in [1.29, 1.82) is 0 Å². The van der Waals surface area contributed by atoms with Crippen LogP contribution in [0.2, 0.25) is 0 Å². The summed E-state index contributed by atoms with van der Waals surface area (Å²) in [4.78, 5) is 12.0. The first-order valence-corrected chi connectivity index (χ1v) is 8.77. The summed E-state index contributed by atoms with van der Waals surface area (Å²) in [5, 5.41) is 20.4. The first-order chi connectivity index (χ1) is 11.5. The predicted molar refractivity (Wildman–Crippen MR) is 105 cm³/mol. The van der Waals surface area contributed by atoms with Crippen LogP contribution in [-0.4, -0.2) is 16.2 Å². The molecule has 2 rings (SSSR count). The number of carboxylic acid groups (broad SMARTS) is 1. The Bertz CT molecular complexity index is 791. The molecule has 4 heteroatoms. The zero-order valence-electron chi connectivity index (χ0n) is 15.4. The second kappa shape index (κ2) is 6.75. The number of thiol groups is 1. The largest absolute Gasteiger partial charge is 0.507 e. The van der Waals surface area contributed by atoms with Crippen molar-refractivity contribution in [2.75, 3.05) is 0 Å². The lowest BCUT2D eigenvalue weighted by atomic mass is 9.80. The highest BCUT2D eigenvalue weighted by molar-refractivity contribution is 7.82. The van der Waals surface area contributed by atoms with Crippen LogP contribution in [0.1, 0.15) is 48.6 Å². The van der Waals surface area contributed by atoms with Gasteiger partial charge in [-0.3, -0.25) is 4.79 Å². The Hall–Kier alpha value is -1.94. The molecule has 0 aromatic heterocycles. The van der Waals surface area contributed by atoms with E-state index in [4.69, 9.17) is 0 Å². The molecular weight excluding hydrogens is 332 g/mol. The smallest absolute Gasteiger partial charge is 0.324 e. The maximum Gasteiger partial charge on any atom is 0.324 e. The van der Waals surface area contributed by atoms with Gasteiger partial charge in [-0.05, 0) is 47.1 Å². The fourth-order valence-electron chi connectivity index (χ4n) is 3.02. The minimum absolute atomic E-state index is 0.242. The van der Waals surface area contributed by atoms with E-state index in [1.165, 1.54) is 0 Å². The van der Waals surface area contributed by atoms with E-state index in [2.05, 4.69) is 12.6 Å². The Morgan fingerprint density at radius 3 is 2.12 bits per heavy atom. The van der Waals surface area contributed by atoms with Gasteiger partial charge >= 0.3 is 5.97 Å². The molecule has 2 N–H and O–H groups in total. The molecule has 25 heavy (non-hydrogen) atoms. The van der Waals surface area contributed by atoms with Crippen LogP contribution < -0.4 is 0 Å². The van der Waals surface area contributed by atoms with Crippen LogP contribution in [0.3, 0.4) is 0 Å². The van der Waals surface area contributed by atoms with Gasteiger partial charge in [0.2, 0.25) is 0 Å². The second-order valence-electron chi connectivity index (χ2n) is 7.64. The first kappa shape index (κ1) is 19.4. The van der Waals surface area contributed by atoms with Gasteiger partial charge in [0.05, 0.1) is 0 Å². The summed E-state index contributed by atoms with van der Waals surface area (Å²) in [6, 6.07) is 11.0. The lowest BCUT2D eigenvalue weighted by Gasteiger charge is -2.28. The maximum atomic E-state index is 12.0. The number of hydrogen-bond donors (Lipinski definition) is 3. The third-order valence-corrected chi connectivity index (χ3v) is 5.44. The topological polar surface area (TPSA) is 57.5 Å². The van der Waals surface area contributed by atoms with Crippen LogP contribution in [0, 0.1) is 13.8 Å². The van der Waals surface area contributed by atoms with Crippen molar-refractivity contribution < 1.29 is 15.0 Å². The fraction of sp³-hybridized carbons (Fsp3) is 0.381. The zero-order chi connectivity index (χ0) is 19.0. The van der Waals surface area contributed by atoms with Gasteiger partial charge in [-0.2, -0.15) is 12.6 Å². The van der Waals surface area contributed by atoms with Crippen LogP contribution >= 0.6 is 12.6 Å². The molecule has 3 nitrogen and oxygen atoms in total. The van der Waals surface area contributed by atoms with Crippen molar-refractivity contribution >= 4 is 18.6 Å². The lowest BCUT2D eigenvalue weighted by Crippen LogP contribution is -2.33. The highest BCUT2D eigenvalue weighted by Gasteiger charge is 2.37. The number of benzene rings is 2. The molecule has 0 aliphatic heterocycles. The van der Waals surface area contributed by atoms with Crippen LogP contribution in [0.4, 0.5) is 0 Å². The summed E-state index contributed by atoms with van der Waals surface area (Å²) >= 11 is 4.57. The monoisotopic (exact) mass is 358 g/mol. The highest BCUT2D eigenvalue weighted by Crippen LogP contribution is 2.40. The van der Waals surface area contributed by atoms with Gasteiger partial charge in [0.15, 0.2) is 0 Å². The molecule has 134 valence electrons. The molecule has 0 radical (unpaired) electrons. The molecule has 0 bridgehead atoms. The molecule has 0 saturated heterocycles. The normalized spacial score (nSPS) is 14.2. The highest BCUT2D eigenvalue weighted by atomic mass is 32.1. The molecule has 1 unspecified atom stereocenters. The van der Waals surface area contributed by atoms with Crippen molar-refractivity contribution in [1.82, 2.24) is 0 Å². The molecule has 0 aliphatic rings. The Morgan fingerprint density at radius 2 is 1.64 bits per heavy atom. The van der Waals surface area contributed by atoms with Gasteiger partial charge in [-0.1, -0.05) is 57.2 Å². The van der Waals surface area contributed by atoms with Crippen molar-refractivity contribution in [2.24, 2.45) is 0 Å². The maximum absolute atomic E-state index is 12.0. The van der Waals surface area contributed by atoms with Crippen LogP contribution in [0.15, 0.2) is 36.4 Å². The van der Waals surface area contributed by atoms with Crippen molar-refractivity contribution in [2.45, 2.75) is 51.2 Å². The Labute approximate surface area is 155 Å². The van der Waals surface area contributed by atoms with Crippen LogP contribution in [0.25, 0.3) is 0 Å².